The minimum Gasteiger partial charge on any atom is -0.505 e. The Balaban J connectivity index is 0.00000162. The van der Waals surface area contributed by atoms with Crippen molar-refractivity contribution < 1.29 is 5.11 Å². The number of halogens is 3. The molecule has 1 aliphatic heterocycles. The van der Waals surface area contributed by atoms with Crippen molar-refractivity contribution in [2.24, 2.45) is 0 Å². The maximum atomic E-state index is 10.1. The van der Waals surface area contributed by atoms with Crippen molar-refractivity contribution in [3.63, 3.8) is 0 Å². The van der Waals surface area contributed by atoms with E-state index in [1.54, 1.807) is 6.07 Å². The zero-order valence-corrected chi connectivity index (χ0v) is 13.9. The van der Waals surface area contributed by atoms with Crippen molar-refractivity contribution >= 4 is 46.4 Å². The third kappa shape index (κ3) is 4.13. The van der Waals surface area contributed by atoms with Crippen molar-refractivity contribution in [2.75, 3.05) is 31.9 Å². The molecule has 4 N–H and O–H groups in total. The van der Waals surface area contributed by atoms with Gasteiger partial charge in [0.25, 0.3) is 0 Å². The van der Waals surface area contributed by atoms with Gasteiger partial charge in [-0.25, -0.2) is 0 Å². The number of nitrogens with two attached hydrogens (primary N) is 1. The Kier molecular flexibility index (Phi) is 8.08. The summed E-state index contributed by atoms with van der Waals surface area (Å²) in [5, 5.41) is 13.4. The number of nitrogens with one attached hydrogen (secondary N) is 1. The highest BCUT2D eigenvalue weighted by atomic mass is 79.9. The molecule has 19 heavy (non-hydrogen) atoms. The summed E-state index contributed by atoms with van der Waals surface area (Å²) in [5.74, 6) is 0.199. The summed E-state index contributed by atoms with van der Waals surface area (Å²) < 4.78 is 0.912. The molecule has 1 fully saturated rings. The van der Waals surface area contributed by atoms with Crippen LogP contribution in [-0.2, 0) is 0 Å². The van der Waals surface area contributed by atoms with E-state index in [0.717, 1.165) is 36.2 Å². The molecule has 0 amide bonds. The number of aromatic hydroxyl groups is 1. The first-order valence-corrected chi connectivity index (χ1v) is 6.62. The van der Waals surface area contributed by atoms with Gasteiger partial charge in [0.1, 0.15) is 5.75 Å². The Morgan fingerprint density at radius 3 is 2.47 bits per heavy atom. The molecule has 1 saturated heterocycles. The van der Waals surface area contributed by atoms with Gasteiger partial charge < -0.3 is 16.2 Å². The maximum Gasteiger partial charge on any atom is 0.144 e. The normalized spacial score (nSPS) is 17.2. The van der Waals surface area contributed by atoms with E-state index in [1.165, 1.54) is 0 Å². The van der Waals surface area contributed by atoms with Crippen LogP contribution in [0.2, 0.25) is 0 Å². The van der Waals surface area contributed by atoms with Crippen molar-refractivity contribution in [1.29, 1.82) is 0 Å². The fourth-order valence-electron chi connectivity index (χ4n) is 2.25. The molecule has 1 aromatic rings. The Labute approximate surface area is 134 Å². The first-order valence-electron chi connectivity index (χ1n) is 5.83. The van der Waals surface area contributed by atoms with E-state index < -0.39 is 0 Å². The monoisotopic (exact) mass is 371 g/mol. The van der Waals surface area contributed by atoms with Crippen LogP contribution in [0.15, 0.2) is 16.6 Å². The standard InChI is InChI=1S/C12H18BrN3O.2ClH/c1-8(16-6-4-15-5-7-16)11-9(13)2-3-10(14)12(11)17;;/h2-3,8,15,17H,4-7,14H2,1H3;2*1H/t8-;;/m1../s1. The fraction of sp³-hybridized carbons (Fsp3) is 0.500. The van der Waals surface area contributed by atoms with Crippen LogP contribution < -0.4 is 11.1 Å². The molecule has 7 heteroatoms. The minimum atomic E-state index is 0. The summed E-state index contributed by atoms with van der Waals surface area (Å²) in [6.45, 7) is 6.06. The second-order valence-corrected chi connectivity index (χ2v) is 5.22. The predicted octanol–water partition coefficient (Wildman–Crippen LogP) is 2.55. The van der Waals surface area contributed by atoms with Crippen molar-refractivity contribution in [1.82, 2.24) is 10.2 Å². The van der Waals surface area contributed by atoms with Crippen LogP contribution in [0.4, 0.5) is 5.69 Å². The lowest BCUT2D eigenvalue weighted by molar-refractivity contribution is 0.182. The van der Waals surface area contributed by atoms with Crippen LogP contribution >= 0.6 is 40.7 Å². The molecule has 0 aromatic heterocycles. The molecule has 1 heterocycles. The van der Waals surface area contributed by atoms with E-state index in [-0.39, 0.29) is 36.6 Å². The first-order chi connectivity index (χ1) is 8.11. The van der Waals surface area contributed by atoms with Crippen molar-refractivity contribution in [3.8, 4) is 5.75 Å². The van der Waals surface area contributed by atoms with Gasteiger partial charge in [-0.1, -0.05) is 15.9 Å². The molecule has 1 atom stereocenters. The molecule has 0 aliphatic carbocycles. The second-order valence-electron chi connectivity index (χ2n) is 4.36. The highest BCUT2D eigenvalue weighted by molar-refractivity contribution is 9.10. The Morgan fingerprint density at radius 1 is 1.32 bits per heavy atom. The largest absolute Gasteiger partial charge is 0.505 e. The third-order valence-electron chi connectivity index (χ3n) is 3.31. The Morgan fingerprint density at radius 2 is 1.89 bits per heavy atom. The molecule has 4 nitrogen and oxygen atoms in total. The van der Waals surface area contributed by atoms with Crippen molar-refractivity contribution in [3.05, 3.63) is 22.2 Å². The first kappa shape index (κ1) is 18.8. The quantitative estimate of drug-likeness (QED) is 0.551. The predicted molar refractivity (Wildman–Crippen MR) is 87.6 cm³/mol. The Hall–Kier alpha value is -0.200. The Bertz CT molecular complexity index is 414. The highest BCUT2D eigenvalue weighted by Crippen LogP contribution is 2.38. The van der Waals surface area contributed by atoms with Crippen LogP contribution in [0.3, 0.4) is 0 Å². The summed E-state index contributed by atoms with van der Waals surface area (Å²) in [7, 11) is 0. The topological polar surface area (TPSA) is 61.5 Å². The summed E-state index contributed by atoms with van der Waals surface area (Å²) in [6, 6.07) is 3.77. The number of phenolic OH excluding ortho intramolecular Hbond substituents is 1. The average Bonchev–Trinajstić information content (AvgIpc) is 2.35. The van der Waals surface area contributed by atoms with Gasteiger partial charge in [-0.05, 0) is 19.1 Å². The number of hydrogen-bond acceptors (Lipinski definition) is 4. The van der Waals surface area contributed by atoms with E-state index in [1.807, 2.05) is 6.07 Å². The van der Waals surface area contributed by atoms with Crippen LogP contribution in [0.5, 0.6) is 5.75 Å². The minimum absolute atomic E-state index is 0. The number of hydrogen-bond donors (Lipinski definition) is 3. The van der Waals surface area contributed by atoms with Crippen molar-refractivity contribution in [2.45, 2.75) is 13.0 Å². The molecule has 110 valence electrons. The van der Waals surface area contributed by atoms with E-state index >= 15 is 0 Å². The summed E-state index contributed by atoms with van der Waals surface area (Å²) in [5.41, 5.74) is 7.07. The average molecular weight is 373 g/mol. The van der Waals surface area contributed by atoms with Gasteiger partial charge in [-0.2, -0.15) is 0 Å². The molecular weight excluding hydrogens is 353 g/mol. The van der Waals surface area contributed by atoms with Gasteiger partial charge in [0, 0.05) is 42.3 Å². The molecule has 1 aliphatic rings. The summed E-state index contributed by atoms with van der Waals surface area (Å²) in [4.78, 5) is 2.34. The zero-order valence-electron chi connectivity index (χ0n) is 10.7. The number of nitrogen functional groups attached to an aromatic ring is 1. The summed E-state index contributed by atoms with van der Waals surface area (Å²) in [6.07, 6.45) is 0. The van der Waals surface area contributed by atoms with E-state index in [2.05, 4.69) is 33.1 Å². The van der Waals surface area contributed by atoms with Gasteiger partial charge in [-0.15, -0.1) is 24.8 Å². The molecule has 0 radical (unpaired) electrons. The lowest BCUT2D eigenvalue weighted by Gasteiger charge is -2.33. The molecule has 0 unspecified atom stereocenters. The molecule has 2 rings (SSSR count). The van der Waals surface area contributed by atoms with Gasteiger partial charge in [0.15, 0.2) is 0 Å². The van der Waals surface area contributed by atoms with Gasteiger partial charge in [-0.3, -0.25) is 4.90 Å². The molecule has 0 bridgehead atoms. The number of anilines is 1. The molecule has 1 aromatic carbocycles. The molecular formula is C12H20BrCl2N3O. The smallest absolute Gasteiger partial charge is 0.144 e. The van der Waals surface area contributed by atoms with Crippen LogP contribution in [0, 0.1) is 0 Å². The van der Waals surface area contributed by atoms with Crippen LogP contribution in [0.25, 0.3) is 0 Å². The number of rotatable bonds is 2. The highest BCUT2D eigenvalue weighted by Gasteiger charge is 2.23. The van der Waals surface area contributed by atoms with Gasteiger partial charge in [0.2, 0.25) is 0 Å². The van der Waals surface area contributed by atoms with Crippen LogP contribution in [0.1, 0.15) is 18.5 Å². The maximum absolute atomic E-state index is 10.1. The fourth-order valence-corrected chi connectivity index (χ4v) is 2.90. The molecule has 0 saturated carbocycles. The number of nitrogens with zero attached hydrogens (tertiary/aromatic N) is 1. The van der Waals surface area contributed by atoms with E-state index in [4.69, 9.17) is 5.73 Å². The number of benzene rings is 1. The lowest BCUT2D eigenvalue weighted by atomic mass is 10.0. The SMILES string of the molecule is C[C@H](c1c(Br)ccc(N)c1O)N1CCNCC1.Cl.Cl. The van der Waals surface area contributed by atoms with Crippen LogP contribution in [-0.4, -0.2) is 36.2 Å². The second kappa shape index (κ2) is 8.17. The van der Waals surface area contributed by atoms with Gasteiger partial charge >= 0.3 is 0 Å². The number of piperazine rings is 1. The van der Waals surface area contributed by atoms with E-state index in [9.17, 15) is 5.11 Å². The lowest BCUT2D eigenvalue weighted by Crippen LogP contribution is -2.44. The molecule has 0 spiro atoms. The summed E-state index contributed by atoms with van der Waals surface area (Å²) >= 11 is 3.49. The van der Waals surface area contributed by atoms with E-state index in [0.29, 0.717) is 5.69 Å². The third-order valence-corrected chi connectivity index (χ3v) is 4.00. The van der Waals surface area contributed by atoms with Gasteiger partial charge in [0.05, 0.1) is 5.69 Å². The number of phenols is 1. The zero-order chi connectivity index (χ0) is 12.4.